The molecule has 4 aliphatic rings. The molecule has 1 heterocycles. The fourth-order valence-electron chi connectivity index (χ4n) is 7.13. The Morgan fingerprint density at radius 2 is 1.76 bits per heavy atom. The quantitative estimate of drug-likeness (QED) is 0.310. The highest BCUT2D eigenvalue weighted by Gasteiger charge is 2.39. The van der Waals surface area contributed by atoms with Gasteiger partial charge in [0.25, 0.3) is 0 Å². The number of allylic oxidation sites excluding steroid dienone is 10. The van der Waals surface area contributed by atoms with Gasteiger partial charge in [0.15, 0.2) is 0 Å². The number of nitrogens with zero attached hydrogens (tertiary/aromatic N) is 3. The van der Waals surface area contributed by atoms with Gasteiger partial charge >= 0.3 is 0 Å². The molecule has 0 fully saturated rings. The summed E-state index contributed by atoms with van der Waals surface area (Å²) in [4.78, 5) is 10.2. The van der Waals surface area contributed by atoms with E-state index in [1.165, 1.54) is 22.3 Å². The number of hydrogen-bond donors (Lipinski definition) is 0. The molecule has 49 heavy (non-hydrogen) atoms. The van der Waals surface area contributed by atoms with E-state index < -0.39 is 6.29 Å². The summed E-state index contributed by atoms with van der Waals surface area (Å²) in [7, 11) is 2.09. The van der Waals surface area contributed by atoms with Crippen LogP contribution in [0.5, 0.6) is 5.75 Å². The molecular weight excluding hydrogens is 599 g/mol. The van der Waals surface area contributed by atoms with Crippen LogP contribution in [-0.2, 0) is 5.41 Å². The Bertz CT molecular complexity index is 2070. The van der Waals surface area contributed by atoms with Gasteiger partial charge in [-0.2, -0.15) is 0 Å². The SMILES string of the molecule is C=C1/C(C)=C(\C=C/C)Oc2ccccc2/C(C)=N/C(N(C2=C(\C)CCC#CC/C=C\2)c2cc3c(cc2C)C2=C(C=CCC#C2)C3(C)C)N1C. The van der Waals surface area contributed by atoms with Gasteiger partial charge in [0.2, 0.25) is 6.29 Å². The molecule has 0 saturated carbocycles. The van der Waals surface area contributed by atoms with Crippen molar-refractivity contribution in [1.82, 2.24) is 4.90 Å². The summed E-state index contributed by atoms with van der Waals surface area (Å²) in [6.07, 6.45) is 15.6. The van der Waals surface area contributed by atoms with Crippen LogP contribution in [0.3, 0.4) is 0 Å². The summed E-state index contributed by atoms with van der Waals surface area (Å²) >= 11 is 0. The van der Waals surface area contributed by atoms with E-state index in [1.807, 2.05) is 37.3 Å². The van der Waals surface area contributed by atoms with Gasteiger partial charge < -0.3 is 14.5 Å². The predicted octanol–water partition coefficient (Wildman–Crippen LogP) is 10.3. The first kappa shape index (κ1) is 33.7. The van der Waals surface area contributed by atoms with E-state index in [1.54, 1.807) is 0 Å². The molecule has 0 saturated heterocycles. The zero-order valence-electron chi connectivity index (χ0n) is 30.3. The third-order valence-corrected chi connectivity index (χ3v) is 10.1. The van der Waals surface area contributed by atoms with Crippen LogP contribution in [0.1, 0.15) is 89.5 Å². The minimum Gasteiger partial charge on any atom is -0.456 e. The van der Waals surface area contributed by atoms with Crippen LogP contribution in [-0.4, -0.2) is 23.9 Å². The molecule has 4 nitrogen and oxygen atoms in total. The summed E-state index contributed by atoms with van der Waals surface area (Å²) in [6.45, 7) is 19.9. The molecule has 1 unspecified atom stereocenters. The zero-order chi connectivity index (χ0) is 34.9. The van der Waals surface area contributed by atoms with Gasteiger partial charge in [-0.1, -0.05) is 74.6 Å². The van der Waals surface area contributed by atoms with E-state index in [4.69, 9.17) is 9.73 Å². The molecule has 0 radical (unpaired) electrons. The lowest BCUT2D eigenvalue weighted by atomic mass is 9.80. The van der Waals surface area contributed by atoms with Crippen molar-refractivity contribution in [1.29, 1.82) is 0 Å². The number of benzene rings is 2. The zero-order valence-corrected chi connectivity index (χ0v) is 30.3. The van der Waals surface area contributed by atoms with E-state index in [9.17, 15) is 0 Å². The topological polar surface area (TPSA) is 28.1 Å². The normalized spacial score (nSPS) is 24.7. The van der Waals surface area contributed by atoms with Crippen LogP contribution < -0.4 is 9.64 Å². The molecule has 0 amide bonds. The highest BCUT2D eigenvalue weighted by atomic mass is 16.5. The number of anilines is 1. The van der Waals surface area contributed by atoms with Gasteiger partial charge in [-0.05, 0) is 105 Å². The number of hydrogen-bond acceptors (Lipinski definition) is 4. The summed E-state index contributed by atoms with van der Waals surface area (Å²) in [5.41, 5.74) is 13.0. The minimum absolute atomic E-state index is 0.207. The third-order valence-electron chi connectivity index (χ3n) is 10.1. The van der Waals surface area contributed by atoms with Crippen molar-refractivity contribution < 1.29 is 4.74 Å². The first-order valence-electron chi connectivity index (χ1n) is 17.3. The number of rotatable bonds is 4. The second-order valence-corrected chi connectivity index (χ2v) is 13.7. The second-order valence-electron chi connectivity index (χ2n) is 13.7. The van der Waals surface area contributed by atoms with Crippen molar-refractivity contribution in [2.24, 2.45) is 4.99 Å². The van der Waals surface area contributed by atoms with Gasteiger partial charge in [-0.15, -0.1) is 5.92 Å². The highest BCUT2D eigenvalue weighted by Crippen LogP contribution is 2.50. The predicted molar refractivity (Wildman–Crippen MR) is 206 cm³/mol. The fraction of sp³-hybridized carbons (Fsp3) is 0.311. The summed E-state index contributed by atoms with van der Waals surface area (Å²) in [5, 5.41) is 0. The molecular formula is C45H47N3O. The summed E-state index contributed by atoms with van der Waals surface area (Å²) in [6, 6.07) is 12.9. The molecule has 6 rings (SSSR count). The van der Waals surface area contributed by atoms with Crippen LogP contribution in [0.4, 0.5) is 5.69 Å². The van der Waals surface area contributed by atoms with Gasteiger partial charge in [0, 0.05) is 71.2 Å². The van der Waals surface area contributed by atoms with Crippen molar-refractivity contribution >= 4 is 17.0 Å². The monoisotopic (exact) mass is 645 g/mol. The Morgan fingerprint density at radius 3 is 2.55 bits per heavy atom. The van der Waals surface area contributed by atoms with Gasteiger partial charge in [0.1, 0.15) is 11.5 Å². The average molecular weight is 646 g/mol. The maximum Gasteiger partial charge on any atom is 0.203 e. The highest BCUT2D eigenvalue weighted by molar-refractivity contribution is 6.01. The van der Waals surface area contributed by atoms with Gasteiger partial charge in [0.05, 0.1) is 0 Å². The van der Waals surface area contributed by atoms with Crippen LogP contribution in [0.2, 0.25) is 0 Å². The lowest BCUT2D eigenvalue weighted by molar-refractivity contribution is 0.312. The molecule has 2 aromatic carbocycles. The van der Waals surface area contributed by atoms with Crippen LogP contribution in [0.25, 0.3) is 5.57 Å². The number of likely N-dealkylation sites (N-methyl/N-ethyl adjacent to an activating group) is 1. The molecule has 1 atom stereocenters. The number of ether oxygens (including phenoxy) is 1. The van der Waals surface area contributed by atoms with Gasteiger partial charge in [-0.3, -0.25) is 0 Å². The molecule has 2 aromatic rings. The number of para-hydroxylation sites is 1. The maximum absolute atomic E-state index is 6.58. The molecule has 0 N–H and O–H groups in total. The average Bonchev–Trinajstić information content (AvgIpc) is 3.19. The lowest BCUT2D eigenvalue weighted by Gasteiger charge is -2.42. The van der Waals surface area contributed by atoms with Crippen LogP contribution >= 0.6 is 0 Å². The molecule has 4 heteroatoms. The number of aryl methyl sites for hydroxylation is 1. The van der Waals surface area contributed by atoms with Crippen molar-refractivity contribution in [3.8, 4) is 29.4 Å². The summed E-state index contributed by atoms with van der Waals surface area (Å²) < 4.78 is 6.58. The smallest absolute Gasteiger partial charge is 0.203 e. The molecule has 1 aliphatic heterocycles. The Hall–Kier alpha value is -5.19. The van der Waals surface area contributed by atoms with Gasteiger partial charge in [-0.25, -0.2) is 4.99 Å². The maximum atomic E-state index is 6.58. The number of fused-ring (bicyclic) bond motifs is 3. The molecule has 248 valence electrons. The molecule has 0 aromatic heterocycles. The minimum atomic E-state index is -0.469. The van der Waals surface area contributed by atoms with E-state index in [0.717, 1.165) is 75.8 Å². The van der Waals surface area contributed by atoms with E-state index in [-0.39, 0.29) is 5.41 Å². The lowest BCUT2D eigenvalue weighted by Crippen LogP contribution is -2.46. The third kappa shape index (κ3) is 6.25. The Balaban J connectivity index is 1.64. The molecule has 0 bridgehead atoms. The Labute approximate surface area is 293 Å². The summed E-state index contributed by atoms with van der Waals surface area (Å²) in [5.74, 6) is 15.1. The van der Waals surface area contributed by atoms with E-state index in [0.29, 0.717) is 6.42 Å². The van der Waals surface area contributed by atoms with Crippen LogP contribution in [0, 0.1) is 30.6 Å². The van der Waals surface area contributed by atoms with Crippen molar-refractivity contribution in [3.05, 3.63) is 136 Å². The number of aliphatic imine (C=N–C) groups is 1. The Kier molecular flexibility index (Phi) is 9.45. The molecule has 3 aliphatic carbocycles. The first-order chi connectivity index (χ1) is 23.5. The van der Waals surface area contributed by atoms with E-state index >= 15 is 0 Å². The van der Waals surface area contributed by atoms with Crippen LogP contribution in [0.15, 0.2) is 118 Å². The standard InChI is InChI=1S/C45H47N3O/c1-10-21-42-32(4)34(6)47(9)44(46-33(5)35-23-19-20-27-43(35)49-42)48(40-26-18-13-11-12-15-22-30(40)2)41-29-39-37(28-31(41)3)36-24-16-14-17-25-38(36)45(39,7)8/h10,17-21,23,25-29,44H,6,13-15,22H2,1-5,7-9H3/b21-10-,26-18-,40-30+,42-32+,46-33+. The van der Waals surface area contributed by atoms with Crippen molar-refractivity contribution in [2.45, 2.75) is 85.9 Å². The first-order valence-corrected chi connectivity index (χ1v) is 17.3. The van der Waals surface area contributed by atoms with Crippen molar-refractivity contribution in [3.63, 3.8) is 0 Å². The van der Waals surface area contributed by atoms with Crippen molar-refractivity contribution in [2.75, 3.05) is 11.9 Å². The second kappa shape index (κ2) is 13.7. The van der Waals surface area contributed by atoms with E-state index in [2.05, 4.69) is 131 Å². The Morgan fingerprint density at radius 1 is 1.00 bits per heavy atom. The fourth-order valence-corrected chi connectivity index (χ4v) is 7.13. The largest absolute Gasteiger partial charge is 0.456 e. The molecule has 0 spiro atoms.